The molecule has 0 fully saturated rings. The second-order valence-electron chi connectivity index (χ2n) is 3.05. The molecule has 0 atom stereocenters. The van der Waals surface area contributed by atoms with Gasteiger partial charge in [-0.2, -0.15) is 18.4 Å². The molecule has 15 heavy (non-hydrogen) atoms. The second-order valence-corrected chi connectivity index (χ2v) is 3.61. The van der Waals surface area contributed by atoms with Crippen LogP contribution in [0.1, 0.15) is 22.3 Å². The van der Waals surface area contributed by atoms with E-state index in [-0.39, 0.29) is 11.1 Å². The zero-order chi connectivity index (χ0) is 11.6. The smallest absolute Gasteiger partial charge is 0.192 e. The average molecular weight is 278 g/mol. The lowest BCUT2D eigenvalue weighted by Crippen LogP contribution is -2.09. The van der Waals surface area contributed by atoms with Gasteiger partial charge in [0, 0.05) is 5.33 Å². The first-order valence-electron chi connectivity index (χ1n) is 4.07. The average Bonchev–Trinajstić information content (AvgIpc) is 2.16. The fourth-order valence-corrected chi connectivity index (χ4v) is 1.85. The summed E-state index contributed by atoms with van der Waals surface area (Å²) in [6, 6.07) is 4.05. The minimum atomic E-state index is -4.41. The summed E-state index contributed by atoms with van der Waals surface area (Å²) in [7, 11) is 0. The Morgan fingerprint density at radius 2 is 2.00 bits per heavy atom. The molecule has 0 bridgehead atoms. The van der Waals surface area contributed by atoms with Crippen LogP contribution in [0, 0.1) is 18.3 Å². The Balaban J connectivity index is 3.46. The van der Waals surface area contributed by atoms with Crippen LogP contribution >= 0.6 is 15.9 Å². The van der Waals surface area contributed by atoms with Gasteiger partial charge in [0.15, 0.2) is 0 Å². The summed E-state index contributed by atoms with van der Waals surface area (Å²) < 4.78 is 37.7. The van der Waals surface area contributed by atoms with E-state index in [0.29, 0.717) is 10.9 Å². The molecule has 0 unspecified atom stereocenters. The molecule has 1 rings (SSSR count). The Bertz CT molecular complexity index is 418. The fraction of sp³-hybridized carbons (Fsp3) is 0.300. The number of halogens is 4. The monoisotopic (exact) mass is 277 g/mol. The van der Waals surface area contributed by atoms with Gasteiger partial charge in [-0.3, -0.25) is 0 Å². The molecule has 0 spiro atoms. The lowest BCUT2D eigenvalue weighted by atomic mass is 10.00. The summed E-state index contributed by atoms with van der Waals surface area (Å²) in [6.45, 7) is 1.40. The quantitative estimate of drug-likeness (QED) is 0.717. The highest BCUT2D eigenvalue weighted by Crippen LogP contribution is 2.34. The van der Waals surface area contributed by atoms with Crippen LogP contribution in [0.4, 0.5) is 13.2 Å². The van der Waals surface area contributed by atoms with Crippen molar-refractivity contribution in [3.8, 4) is 6.07 Å². The molecule has 0 aliphatic rings. The van der Waals surface area contributed by atoms with E-state index in [1.54, 1.807) is 6.07 Å². The number of hydrogen-bond donors (Lipinski definition) is 0. The second kappa shape index (κ2) is 4.23. The molecule has 0 saturated carbocycles. The molecule has 0 N–H and O–H groups in total. The van der Waals surface area contributed by atoms with E-state index < -0.39 is 11.7 Å². The summed E-state index contributed by atoms with van der Waals surface area (Å²) in [5.74, 6) is 0. The Kier molecular flexibility index (Phi) is 3.40. The molecule has 0 aliphatic heterocycles. The molecule has 1 nitrogen and oxygen atoms in total. The SMILES string of the molecule is Cc1c(CBr)cc(C#N)cc1C(F)(F)F. The van der Waals surface area contributed by atoms with Gasteiger partial charge in [-0.25, -0.2) is 0 Å². The molecule has 80 valence electrons. The van der Waals surface area contributed by atoms with Gasteiger partial charge in [0.1, 0.15) is 0 Å². The number of hydrogen-bond acceptors (Lipinski definition) is 1. The summed E-state index contributed by atoms with van der Waals surface area (Å²) in [4.78, 5) is 0. The minimum Gasteiger partial charge on any atom is -0.192 e. The summed E-state index contributed by atoms with van der Waals surface area (Å²) in [5.41, 5.74) is -0.0573. The Morgan fingerprint density at radius 1 is 1.40 bits per heavy atom. The van der Waals surface area contributed by atoms with Crippen LogP contribution in [0.25, 0.3) is 0 Å². The van der Waals surface area contributed by atoms with Gasteiger partial charge in [0.05, 0.1) is 17.2 Å². The number of nitriles is 1. The van der Waals surface area contributed by atoms with Gasteiger partial charge in [0.2, 0.25) is 0 Å². The number of nitrogens with zero attached hydrogens (tertiary/aromatic N) is 1. The molecular formula is C10H7BrF3N. The first-order chi connectivity index (χ1) is 6.90. The molecule has 0 amide bonds. The van der Waals surface area contributed by atoms with Crippen molar-refractivity contribution in [2.75, 3.05) is 0 Å². The van der Waals surface area contributed by atoms with Crippen LogP contribution in [0.5, 0.6) is 0 Å². The van der Waals surface area contributed by atoms with E-state index in [2.05, 4.69) is 15.9 Å². The number of rotatable bonds is 1. The zero-order valence-corrected chi connectivity index (χ0v) is 9.41. The van der Waals surface area contributed by atoms with Gasteiger partial charge < -0.3 is 0 Å². The molecule has 0 saturated heterocycles. The molecule has 0 heterocycles. The number of alkyl halides is 4. The van der Waals surface area contributed by atoms with Gasteiger partial charge in [-0.05, 0) is 30.2 Å². The Morgan fingerprint density at radius 3 is 2.40 bits per heavy atom. The topological polar surface area (TPSA) is 23.8 Å². The van der Waals surface area contributed by atoms with Crippen LogP contribution < -0.4 is 0 Å². The largest absolute Gasteiger partial charge is 0.416 e. The van der Waals surface area contributed by atoms with Crippen molar-refractivity contribution in [1.29, 1.82) is 5.26 Å². The van der Waals surface area contributed by atoms with Crippen LogP contribution in [0.15, 0.2) is 12.1 Å². The number of benzene rings is 1. The van der Waals surface area contributed by atoms with E-state index in [1.165, 1.54) is 13.0 Å². The lowest BCUT2D eigenvalue weighted by Gasteiger charge is -2.13. The van der Waals surface area contributed by atoms with Gasteiger partial charge >= 0.3 is 6.18 Å². The zero-order valence-electron chi connectivity index (χ0n) is 7.82. The first-order valence-corrected chi connectivity index (χ1v) is 5.19. The van der Waals surface area contributed by atoms with E-state index in [1.807, 2.05) is 0 Å². The maximum Gasteiger partial charge on any atom is 0.416 e. The predicted molar refractivity (Wildman–Crippen MR) is 53.5 cm³/mol. The molecule has 0 aromatic heterocycles. The van der Waals surface area contributed by atoms with E-state index >= 15 is 0 Å². The molecule has 1 aromatic carbocycles. The van der Waals surface area contributed by atoms with Crippen molar-refractivity contribution >= 4 is 15.9 Å². The van der Waals surface area contributed by atoms with Crippen LogP contribution in [-0.4, -0.2) is 0 Å². The highest BCUT2D eigenvalue weighted by atomic mass is 79.9. The lowest BCUT2D eigenvalue weighted by molar-refractivity contribution is -0.138. The van der Waals surface area contributed by atoms with Crippen molar-refractivity contribution in [2.24, 2.45) is 0 Å². The van der Waals surface area contributed by atoms with Crippen molar-refractivity contribution in [3.63, 3.8) is 0 Å². The molecule has 1 aromatic rings. The third kappa shape index (κ3) is 2.51. The Labute approximate surface area is 93.6 Å². The standard InChI is InChI=1S/C10H7BrF3N/c1-6-8(4-11)2-7(5-15)3-9(6)10(12,13)14/h2-3H,4H2,1H3. The van der Waals surface area contributed by atoms with Gasteiger partial charge in [-0.1, -0.05) is 15.9 Å². The molecule has 5 heteroatoms. The van der Waals surface area contributed by atoms with E-state index in [9.17, 15) is 13.2 Å². The maximum absolute atomic E-state index is 12.6. The minimum absolute atomic E-state index is 0.0300. The molecule has 0 aliphatic carbocycles. The predicted octanol–water partition coefficient (Wildman–Crippen LogP) is 3.78. The normalized spacial score (nSPS) is 11.2. The Hall–Kier alpha value is -1.02. The van der Waals surface area contributed by atoms with Crippen LogP contribution in [0.2, 0.25) is 0 Å². The molecule has 0 radical (unpaired) electrons. The molecular weight excluding hydrogens is 271 g/mol. The highest BCUT2D eigenvalue weighted by Gasteiger charge is 2.33. The van der Waals surface area contributed by atoms with E-state index in [4.69, 9.17) is 5.26 Å². The summed E-state index contributed by atoms with van der Waals surface area (Å²) in [5, 5.41) is 8.91. The van der Waals surface area contributed by atoms with Crippen LogP contribution in [0.3, 0.4) is 0 Å². The van der Waals surface area contributed by atoms with Crippen LogP contribution in [-0.2, 0) is 11.5 Å². The van der Waals surface area contributed by atoms with Gasteiger partial charge in [0.25, 0.3) is 0 Å². The van der Waals surface area contributed by atoms with Crippen molar-refractivity contribution in [1.82, 2.24) is 0 Å². The van der Waals surface area contributed by atoms with Crippen molar-refractivity contribution in [2.45, 2.75) is 18.4 Å². The third-order valence-corrected chi connectivity index (χ3v) is 2.70. The first kappa shape index (κ1) is 12.1. The van der Waals surface area contributed by atoms with Crippen molar-refractivity contribution in [3.05, 3.63) is 34.4 Å². The third-order valence-electron chi connectivity index (χ3n) is 2.09. The highest BCUT2D eigenvalue weighted by molar-refractivity contribution is 9.08. The summed E-state index contributed by atoms with van der Waals surface area (Å²) in [6.07, 6.45) is -4.41. The van der Waals surface area contributed by atoms with Crippen molar-refractivity contribution < 1.29 is 13.2 Å². The van der Waals surface area contributed by atoms with Gasteiger partial charge in [-0.15, -0.1) is 0 Å². The van der Waals surface area contributed by atoms with E-state index in [0.717, 1.165) is 6.07 Å². The maximum atomic E-state index is 12.6. The summed E-state index contributed by atoms with van der Waals surface area (Å²) >= 11 is 3.10. The fourth-order valence-electron chi connectivity index (χ4n) is 1.27.